The van der Waals surface area contributed by atoms with Gasteiger partial charge in [-0.2, -0.15) is 0 Å². The second kappa shape index (κ2) is 11.9. The van der Waals surface area contributed by atoms with Crippen LogP contribution in [0.3, 0.4) is 0 Å². The lowest BCUT2D eigenvalue weighted by Gasteiger charge is -2.28. The number of rotatable bonds is 8. The fourth-order valence-electron chi connectivity index (χ4n) is 5.44. The number of benzene rings is 2. The van der Waals surface area contributed by atoms with E-state index in [1.807, 2.05) is 74.5 Å². The van der Waals surface area contributed by atoms with Gasteiger partial charge in [0, 0.05) is 41.9 Å². The van der Waals surface area contributed by atoms with Crippen LogP contribution in [0.25, 0.3) is 5.69 Å². The number of aromatic nitrogens is 2. The average Bonchev–Trinajstić information content (AvgIpc) is 3.47. The Kier molecular flexibility index (Phi) is 8.16. The molecule has 9 heteroatoms. The quantitative estimate of drug-likeness (QED) is 0.212. The van der Waals surface area contributed by atoms with Crippen LogP contribution < -0.4 is 10.6 Å². The number of methoxy groups -OCH3 is 1. The molecule has 0 aliphatic carbocycles. The van der Waals surface area contributed by atoms with Crippen LogP contribution >= 0.6 is 12.2 Å². The number of anilines is 1. The van der Waals surface area contributed by atoms with Gasteiger partial charge in [0.1, 0.15) is 0 Å². The van der Waals surface area contributed by atoms with Crippen LogP contribution in [0.4, 0.5) is 5.69 Å². The van der Waals surface area contributed by atoms with Crippen LogP contribution in [-0.2, 0) is 9.53 Å². The maximum atomic E-state index is 12.9. The molecule has 0 unspecified atom stereocenters. The summed E-state index contributed by atoms with van der Waals surface area (Å²) < 4.78 is 7.06. The number of nitrogens with one attached hydrogen (secondary N) is 2. The van der Waals surface area contributed by atoms with E-state index in [9.17, 15) is 9.59 Å². The first kappa shape index (κ1) is 28.0. The Bertz CT molecular complexity index is 1580. The Labute approximate surface area is 245 Å². The summed E-state index contributed by atoms with van der Waals surface area (Å²) in [5.74, 6) is -0.466. The van der Waals surface area contributed by atoms with Crippen molar-refractivity contribution in [2.45, 2.75) is 39.3 Å². The molecule has 0 radical (unpaired) electrons. The molecule has 1 saturated heterocycles. The molecule has 2 N–H and O–H groups in total. The van der Waals surface area contributed by atoms with E-state index in [1.165, 1.54) is 7.11 Å². The van der Waals surface area contributed by atoms with Gasteiger partial charge >= 0.3 is 5.97 Å². The Morgan fingerprint density at radius 3 is 2.51 bits per heavy atom. The van der Waals surface area contributed by atoms with E-state index >= 15 is 0 Å². The first-order valence-corrected chi connectivity index (χ1v) is 13.9. The van der Waals surface area contributed by atoms with Gasteiger partial charge in [0.25, 0.3) is 0 Å². The predicted molar refractivity (Wildman–Crippen MR) is 163 cm³/mol. The number of nitrogens with zero attached hydrogens (tertiary/aromatic N) is 3. The van der Waals surface area contributed by atoms with Crippen molar-refractivity contribution in [1.82, 2.24) is 19.8 Å². The third kappa shape index (κ3) is 5.85. The zero-order chi connectivity index (χ0) is 29.1. The van der Waals surface area contributed by atoms with Crippen molar-refractivity contribution in [3.05, 3.63) is 113 Å². The molecule has 41 heavy (non-hydrogen) atoms. The van der Waals surface area contributed by atoms with Gasteiger partial charge < -0.3 is 24.8 Å². The Morgan fingerprint density at radius 1 is 1.02 bits per heavy atom. The Balaban J connectivity index is 1.48. The Morgan fingerprint density at radius 2 is 1.80 bits per heavy atom. The van der Waals surface area contributed by atoms with E-state index in [4.69, 9.17) is 17.0 Å². The molecule has 0 bridgehead atoms. The second-order valence-corrected chi connectivity index (χ2v) is 10.6. The highest BCUT2D eigenvalue weighted by atomic mass is 32.1. The summed E-state index contributed by atoms with van der Waals surface area (Å²) in [5, 5.41) is 7.03. The van der Waals surface area contributed by atoms with Crippen LogP contribution in [-0.4, -0.2) is 45.1 Å². The number of thiocarbonyl (C=S) groups is 1. The van der Waals surface area contributed by atoms with E-state index in [2.05, 4.69) is 38.1 Å². The SMILES string of the molecule is COC(=O)c1cccc(-n2c(C)cc([C@@H]3[C@H](c4ccccn4)NC(=S)N3CCC(=O)Nc3ccc(C)cc3)c2C)c1. The van der Waals surface area contributed by atoms with Gasteiger partial charge in [-0.25, -0.2) is 4.79 Å². The highest BCUT2D eigenvalue weighted by Gasteiger charge is 2.41. The third-order valence-electron chi connectivity index (χ3n) is 7.43. The van der Waals surface area contributed by atoms with E-state index < -0.39 is 0 Å². The summed E-state index contributed by atoms with van der Waals surface area (Å²) in [5.41, 5.74) is 7.19. The number of pyridine rings is 1. The zero-order valence-corrected chi connectivity index (χ0v) is 24.4. The molecule has 1 aliphatic rings. The molecule has 5 rings (SSSR count). The molecule has 4 aromatic rings. The lowest BCUT2D eigenvalue weighted by molar-refractivity contribution is -0.116. The molecule has 2 aromatic heterocycles. The van der Waals surface area contributed by atoms with Crippen LogP contribution in [0, 0.1) is 20.8 Å². The number of carbonyl (C=O) groups excluding carboxylic acids is 2. The van der Waals surface area contributed by atoms with E-state index in [1.54, 1.807) is 12.3 Å². The number of hydrogen-bond donors (Lipinski definition) is 2. The van der Waals surface area contributed by atoms with Crippen molar-refractivity contribution < 1.29 is 14.3 Å². The van der Waals surface area contributed by atoms with Gasteiger partial charge in [0.2, 0.25) is 5.91 Å². The monoisotopic (exact) mass is 567 g/mol. The van der Waals surface area contributed by atoms with Crippen molar-refractivity contribution in [3.63, 3.8) is 0 Å². The minimum Gasteiger partial charge on any atom is -0.465 e. The number of aryl methyl sites for hydroxylation is 2. The largest absolute Gasteiger partial charge is 0.465 e. The molecule has 2 atom stereocenters. The Hall–Kier alpha value is -4.50. The third-order valence-corrected chi connectivity index (χ3v) is 7.78. The van der Waals surface area contributed by atoms with Gasteiger partial charge in [-0.05, 0) is 87.1 Å². The fourth-order valence-corrected chi connectivity index (χ4v) is 5.77. The number of amides is 1. The molecular weight excluding hydrogens is 534 g/mol. The molecule has 210 valence electrons. The smallest absolute Gasteiger partial charge is 0.337 e. The predicted octanol–water partition coefficient (Wildman–Crippen LogP) is 5.59. The molecule has 0 spiro atoms. The minimum absolute atomic E-state index is 0.0817. The summed E-state index contributed by atoms with van der Waals surface area (Å²) in [4.78, 5) is 31.9. The average molecular weight is 568 g/mol. The van der Waals surface area contributed by atoms with Crippen molar-refractivity contribution >= 4 is 34.9 Å². The molecule has 8 nitrogen and oxygen atoms in total. The van der Waals surface area contributed by atoms with Gasteiger partial charge in [-0.3, -0.25) is 9.78 Å². The maximum Gasteiger partial charge on any atom is 0.337 e. The van der Waals surface area contributed by atoms with Crippen molar-refractivity contribution in [1.29, 1.82) is 0 Å². The van der Waals surface area contributed by atoms with E-state index in [0.717, 1.165) is 39.6 Å². The van der Waals surface area contributed by atoms with Crippen LogP contribution in [0.1, 0.15) is 57.1 Å². The standard InChI is InChI=1S/C32H33N5O3S/c1-20-11-13-24(14-12-20)34-28(38)15-17-36-30(29(35-32(36)41)27-10-5-6-16-33-27)26-18-21(2)37(22(26)3)25-9-7-8-23(19-25)31(39)40-4/h5-14,16,18-19,29-30H,15,17H2,1-4H3,(H,34,38)(H,35,41)/t29-,30+/m0/s1. The summed E-state index contributed by atoms with van der Waals surface area (Å²) >= 11 is 5.82. The summed E-state index contributed by atoms with van der Waals surface area (Å²) in [6.45, 7) is 6.54. The zero-order valence-electron chi connectivity index (χ0n) is 23.5. The molecule has 3 heterocycles. The van der Waals surface area contributed by atoms with Gasteiger partial charge in [-0.15, -0.1) is 0 Å². The highest BCUT2D eigenvalue weighted by molar-refractivity contribution is 7.80. The molecule has 1 fully saturated rings. The fraction of sp³-hybridized carbons (Fsp3) is 0.250. The normalized spacial score (nSPS) is 16.4. The molecule has 1 amide bonds. The van der Waals surface area contributed by atoms with Crippen LogP contribution in [0.2, 0.25) is 0 Å². The summed E-state index contributed by atoms with van der Waals surface area (Å²) in [7, 11) is 1.38. The molecule has 2 aromatic carbocycles. The van der Waals surface area contributed by atoms with E-state index in [-0.39, 0.29) is 30.4 Å². The van der Waals surface area contributed by atoms with Crippen molar-refractivity contribution in [2.24, 2.45) is 0 Å². The van der Waals surface area contributed by atoms with Gasteiger partial charge in [-0.1, -0.05) is 29.8 Å². The van der Waals surface area contributed by atoms with Gasteiger partial charge in [0.15, 0.2) is 5.11 Å². The molecule has 1 aliphatic heterocycles. The lowest BCUT2D eigenvalue weighted by Crippen LogP contribution is -2.32. The lowest BCUT2D eigenvalue weighted by atomic mass is 9.96. The first-order valence-electron chi connectivity index (χ1n) is 13.5. The summed E-state index contributed by atoms with van der Waals surface area (Å²) in [6, 6.07) is 22.7. The molecular formula is C32H33N5O3S. The number of hydrogen-bond acceptors (Lipinski definition) is 5. The number of esters is 1. The minimum atomic E-state index is -0.384. The van der Waals surface area contributed by atoms with Crippen LogP contribution in [0.15, 0.2) is 79.0 Å². The molecule has 0 saturated carbocycles. The van der Waals surface area contributed by atoms with Crippen LogP contribution in [0.5, 0.6) is 0 Å². The number of carbonyl (C=O) groups is 2. The maximum absolute atomic E-state index is 12.9. The number of ether oxygens (including phenoxy) is 1. The van der Waals surface area contributed by atoms with Crippen molar-refractivity contribution in [3.8, 4) is 5.69 Å². The topological polar surface area (TPSA) is 88.5 Å². The van der Waals surface area contributed by atoms with Gasteiger partial charge in [0.05, 0.1) is 30.5 Å². The second-order valence-electron chi connectivity index (χ2n) is 10.2. The first-order chi connectivity index (χ1) is 19.8. The highest BCUT2D eigenvalue weighted by Crippen LogP contribution is 2.41. The summed E-state index contributed by atoms with van der Waals surface area (Å²) in [6.07, 6.45) is 2.04. The van der Waals surface area contributed by atoms with E-state index in [0.29, 0.717) is 17.2 Å². The van der Waals surface area contributed by atoms with Crippen molar-refractivity contribution in [2.75, 3.05) is 19.0 Å².